The van der Waals surface area contributed by atoms with Crippen molar-refractivity contribution in [2.45, 2.75) is 26.4 Å². The van der Waals surface area contributed by atoms with Gasteiger partial charge >= 0.3 is 6.03 Å². The molecule has 0 bridgehead atoms. The number of carbonyl (C=O) groups excluding carboxylic acids is 1. The number of halogens is 3. The van der Waals surface area contributed by atoms with Gasteiger partial charge in [0.2, 0.25) is 0 Å². The summed E-state index contributed by atoms with van der Waals surface area (Å²) < 4.78 is 2.12. The second kappa shape index (κ2) is 10.1. The smallest absolute Gasteiger partial charge is 0.322 e. The van der Waals surface area contributed by atoms with Crippen molar-refractivity contribution in [3.63, 3.8) is 0 Å². The van der Waals surface area contributed by atoms with E-state index >= 15 is 0 Å². The van der Waals surface area contributed by atoms with Crippen LogP contribution in [0.3, 0.4) is 0 Å². The van der Waals surface area contributed by atoms with Gasteiger partial charge in [0.25, 0.3) is 0 Å². The maximum Gasteiger partial charge on any atom is 0.322 e. The number of carbonyl (C=O) groups is 1. The third-order valence-corrected chi connectivity index (χ3v) is 5.55. The minimum Gasteiger partial charge on any atom is -0.345 e. The van der Waals surface area contributed by atoms with Crippen LogP contribution in [0.15, 0.2) is 60.8 Å². The van der Waals surface area contributed by atoms with E-state index in [1.165, 1.54) is 0 Å². The number of hydrogen-bond donors (Lipinski definition) is 1. The lowest BCUT2D eigenvalue weighted by Crippen LogP contribution is -2.35. The molecular formula is C22H22Cl3N3O. The van der Waals surface area contributed by atoms with E-state index < -0.39 is 0 Å². The molecule has 0 radical (unpaired) electrons. The van der Waals surface area contributed by atoms with Gasteiger partial charge in [0, 0.05) is 30.0 Å². The topological polar surface area (TPSA) is 37.3 Å². The molecule has 0 aliphatic heterocycles. The Morgan fingerprint density at radius 3 is 2.62 bits per heavy atom. The van der Waals surface area contributed by atoms with E-state index in [0.29, 0.717) is 40.4 Å². The molecule has 1 aromatic heterocycles. The fourth-order valence-corrected chi connectivity index (χ4v) is 3.65. The van der Waals surface area contributed by atoms with Gasteiger partial charge in [0.1, 0.15) is 0 Å². The lowest BCUT2D eigenvalue weighted by atomic mass is 10.2. The highest BCUT2D eigenvalue weighted by Gasteiger charge is 2.17. The van der Waals surface area contributed by atoms with Crippen LogP contribution in [0.25, 0.3) is 0 Å². The second-order valence-corrected chi connectivity index (χ2v) is 7.93. The van der Waals surface area contributed by atoms with Crippen LogP contribution in [0.2, 0.25) is 15.1 Å². The minimum atomic E-state index is -0.216. The van der Waals surface area contributed by atoms with Crippen LogP contribution in [0.1, 0.15) is 24.6 Å². The summed E-state index contributed by atoms with van der Waals surface area (Å²) in [6, 6.07) is 16.7. The Hall–Kier alpha value is -2.14. The van der Waals surface area contributed by atoms with E-state index in [0.717, 1.165) is 17.7 Å². The van der Waals surface area contributed by atoms with Gasteiger partial charge < -0.3 is 14.8 Å². The normalized spacial score (nSPS) is 10.8. The van der Waals surface area contributed by atoms with Crippen molar-refractivity contribution in [2.75, 3.05) is 11.9 Å². The predicted octanol–water partition coefficient (Wildman–Crippen LogP) is 6.94. The zero-order chi connectivity index (χ0) is 20.8. The number of nitrogens with zero attached hydrogens (tertiary/aromatic N) is 2. The molecule has 29 heavy (non-hydrogen) atoms. The summed E-state index contributed by atoms with van der Waals surface area (Å²) >= 11 is 18.4. The third kappa shape index (κ3) is 5.69. The van der Waals surface area contributed by atoms with Gasteiger partial charge in [-0.3, -0.25) is 0 Å². The number of anilines is 1. The Morgan fingerprint density at radius 1 is 1.07 bits per heavy atom. The molecule has 0 saturated carbocycles. The molecule has 0 fully saturated rings. The number of nitrogens with one attached hydrogen (secondary N) is 1. The molecule has 3 aromatic rings. The van der Waals surface area contributed by atoms with Crippen molar-refractivity contribution < 1.29 is 4.79 Å². The lowest BCUT2D eigenvalue weighted by Gasteiger charge is -2.24. The van der Waals surface area contributed by atoms with E-state index in [-0.39, 0.29) is 6.03 Å². The summed E-state index contributed by atoms with van der Waals surface area (Å²) in [5.41, 5.74) is 2.64. The van der Waals surface area contributed by atoms with E-state index in [2.05, 4.69) is 9.88 Å². The van der Waals surface area contributed by atoms with Gasteiger partial charge in [0.15, 0.2) is 0 Å². The summed E-state index contributed by atoms with van der Waals surface area (Å²) in [5, 5.41) is 4.32. The van der Waals surface area contributed by atoms with E-state index in [1.807, 2.05) is 49.5 Å². The average Bonchev–Trinajstić information content (AvgIpc) is 3.12. The molecule has 0 atom stereocenters. The maximum absolute atomic E-state index is 12.9. The van der Waals surface area contributed by atoms with Crippen molar-refractivity contribution in [1.82, 2.24) is 9.47 Å². The SMILES string of the molecule is CCCN(Cc1cccn1Cc1cccc(Cl)c1)C(=O)Nc1cccc(Cl)c1Cl. The molecule has 0 aliphatic carbocycles. The minimum absolute atomic E-state index is 0.216. The Balaban J connectivity index is 1.74. The van der Waals surface area contributed by atoms with Crippen LogP contribution in [0, 0.1) is 0 Å². The zero-order valence-corrected chi connectivity index (χ0v) is 18.3. The zero-order valence-electron chi connectivity index (χ0n) is 16.0. The first-order valence-electron chi connectivity index (χ1n) is 9.36. The Kier molecular flexibility index (Phi) is 7.48. The molecule has 0 aliphatic rings. The summed E-state index contributed by atoms with van der Waals surface area (Å²) in [7, 11) is 0. The van der Waals surface area contributed by atoms with Crippen LogP contribution in [-0.4, -0.2) is 22.0 Å². The predicted molar refractivity (Wildman–Crippen MR) is 121 cm³/mol. The van der Waals surface area contributed by atoms with Gasteiger partial charge in [-0.25, -0.2) is 4.79 Å². The van der Waals surface area contributed by atoms with Crippen LogP contribution in [0.5, 0.6) is 0 Å². The highest BCUT2D eigenvalue weighted by atomic mass is 35.5. The molecule has 2 amide bonds. The first-order valence-corrected chi connectivity index (χ1v) is 10.5. The molecule has 1 heterocycles. The Bertz CT molecular complexity index is 987. The largest absolute Gasteiger partial charge is 0.345 e. The van der Waals surface area contributed by atoms with E-state index in [1.54, 1.807) is 23.1 Å². The van der Waals surface area contributed by atoms with Gasteiger partial charge in [-0.05, 0) is 48.4 Å². The highest BCUT2D eigenvalue weighted by molar-refractivity contribution is 6.43. The number of amides is 2. The van der Waals surface area contributed by atoms with Crippen LogP contribution >= 0.6 is 34.8 Å². The monoisotopic (exact) mass is 449 g/mol. The molecule has 2 aromatic carbocycles. The number of aromatic nitrogens is 1. The Labute approximate surface area is 186 Å². The van der Waals surface area contributed by atoms with Crippen molar-refractivity contribution in [1.29, 1.82) is 0 Å². The fourth-order valence-electron chi connectivity index (χ4n) is 3.09. The van der Waals surface area contributed by atoms with Gasteiger partial charge in [-0.15, -0.1) is 0 Å². The number of benzene rings is 2. The van der Waals surface area contributed by atoms with Crippen LogP contribution in [0.4, 0.5) is 10.5 Å². The standard InChI is InChI=1S/C22H22Cl3N3O/c1-2-11-28(22(29)26-20-10-4-9-19(24)21(20)25)15-18-8-5-12-27(18)14-16-6-3-7-17(23)13-16/h3-10,12-13H,2,11,14-15H2,1H3,(H,26,29). The molecule has 0 saturated heterocycles. The van der Waals surface area contributed by atoms with E-state index in [9.17, 15) is 4.79 Å². The average molecular weight is 451 g/mol. The van der Waals surface area contributed by atoms with Crippen molar-refractivity contribution >= 4 is 46.5 Å². The summed E-state index contributed by atoms with van der Waals surface area (Å²) in [4.78, 5) is 14.7. The van der Waals surface area contributed by atoms with Crippen molar-refractivity contribution in [3.8, 4) is 0 Å². The lowest BCUT2D eigenvalue weighted by molar-refractivity contribution is 0.208. The number of rotatable bonds is 7. The maximum atomic E-state index is 12.9. The summed E-state index contributed by atoms with van der Waals surface area (Å²) in [6.07, 6.45) is 2.85. The molecule has 7 heteroatoms. The van der Waals surface area contributed by atoms with Gasteiger partial charge in [-0.1, -0.05) is 59.9 Å². The fraction of sp³-hybridized carbons (Fsp3) is 0.227. The van der Waals surface area contributed by atoms with Gasteiger partial charge in [-0.2, -0.15) is 0 Å². The molecule has 0 spiro atoms. The third-order valence-electron chi connectivity index (χ3n) is 4.49. The molecular weight excluding hydrogens is 429 g/mol. The molecule has 4 nitrogen and oxygen atoms in total. The van der Waals surface area contributed by atoms with Crippen LogP contribution in [-0.2, 0) is 13.1 Å². The number of hydrogen-bond acceptors (Lipinski definition) is 1. The van der Waals surface area contributed by atoms with Crippen molar-refractivity contribution in [3.05, 3.63) is 87.1 Å². The molecule has 3 rings (SSSR count). The Morgan fingerprint density at radius 2 is 1.86 bits per heavy atom. The summed E-state index contributed by atoms with van der Waals surface area (Å²) in [5.74, 6) is 0. The van der Waals surface area contributed by atoms with Gasteiger partial charge in [0.05, 0.1) is 22.3 Å². The summed E-state index contributed by atoms with van der Waals surface area (Å²) in [6.45, 7) is 3.82. The van der Waals surface area contributed by atoms with Crippen molar-refractivity contribution in [2.24, 2.45) is 0 Å². The molecule has 152 valence electrons. The number of urea groups is 1. The van der Waals surface area contributed by atoms with E-state index in [4.69, 9.17) is 34.8 Å². The highest BCUT2D eigenvalue weighted by Crippen LogP contribution is 2.29. The second-order valence-electron chi connectivity index (χ2n) is 6.71. The quantitative estimate of drug-likeness (QED) is 0.416. The molecule has 0 unspecified atom stereocenters. The van der Waals surface area contributed by atoms with Crippen LogP contribution < -0.4 is 5.32 Å². The first-order chi connectivity index (χ1) is 14.0. The first kappa shape index (κ1) is 21.6. The molecule has 1 N–H and O–H groups in total.